The van der Waals surface area contributed by atoms with Gasteiger partial charge in [0.05, 0.1) is 12.8 Å². The molecule has 1 atom stereocenters. The van der Waals surface area contributed by atoms with E-state index in [0.29, 0.717) is 12.4 Å². The number of benzene rings is 1. The van der Waals surface area contributed by atoms with E-state index in [0.717, 1.165) is 22.0 Å². The normalized spacial score (nSPS) is 12.2. The summed E-state index contributed by atoms with van der Waals surface area (Å²) < 4.78 is 6.51. The molecule has 0 amide bonds. The van der Waals surface area contributed by atoms with E-state index < -0.39 is 6.10 Å². The van der Waals surface area contributed by atoms with Gasteiger partial charge in [0.2, 0.25) is 0 Å². The zero-order valence-corrected chi connectivity index (χ0v) is 12.3. The van der Waals surface area contributed by atoms with Gasteiger partial charge in [0.25, 0.3) is 0 Å². The molecule has 2 aromatic rings. The topological polar surface area (TPSA) is 42.4 Å². The second kappa shape index (κ2) is 6.68. The number of ether oxygens (including phenoxy) is 1. The van der Waals surface area contributed by atoms with Gasteiger partial charge in [-0.1, -0.05) is 35.0 Å². The minimum absolute atomic E-state index is 0.652. The highest BCUT2D eigenvalue weighted by atomic mass is 79.9. The van der Waals surface area contributed by atoms with Crippen LogP contribution in [0.1, 0.15) is 30.6 Å². The molecule has 1 unspecified atom stereocenters. The van der Waals surface area contributed by atoms with Gasteiger partial charge in [-0.05, 0) is 30.2 Å². The molecule has 100 valence electrons. The standard InChI is InChI=1S/C15H16BrNO2/c1-2-7-19-14-8-12(9-17-10-14)15(18)11-3-5-13(16)6-4-11/h3-6,8-10,15,18H,2,7H2,1H3. The first-order valence-corrected chi connectivity index (χ1v) is 7.01. The molecule has 0 saturated heterocycles. The van der Waals surface area contributed by atoms with Crippen LogP contribution in [0.2, 0.25) is 0 Å². The summed E-state index contributed by atoms with van der Waals surface area (Å²) in [5.74, 6) is 0.690. The summed E-state index contributed by atoms with van der Waals surface area (Å²) in [6.07, 6.45) is 3.57. The van der Waals surface area contributed by atoms with Crippen LogP contribution in [0.3, 0.4) is 0 Å². The van der Waals surface area contributed by atoms with Crippen molar-refractivity contribution in [3.8, 4) is 5.75 Å². The molecule has 0 spiro atoms. The van der Waals surface area contributed by atoms with E-state index in [2.05, 4.69) is 20.9 Å². The Morgan fingerprint density at radius 3 is 2.63 bits per heavy atom. The molecule has 1 N–H and O–H groups in total. The van der Waals surface area contributed by atoms with Gasteiger partial charge in [-0.25, -0.2) is 0 Å². The molecule has 0 aliphatic rings. The summed E-state index contributed by atoms with van der Waals surface area (Å²) in [7, 11) is 0. The smallest absolute Gasteiger partial charge is 0.137 e. The lowest BCUT2D eigenvalue weighted by molar-refractivity contribution is 0.218. The van der Waals surface area contributed by atoms with E-state index >= 15 is 0 Å². The lowest BCUT2D eigenvalue weighted by Gasteiger charge is -2.12. The van der Waals surface area contributed by atoms with Gasteiger partial charge < -0.3 is 9.84 Å². The van der Waals surface area contributed by atoms with Crippen molar-refractivity contribution < 1.29 is 9.84 Å². The molecule has 1 aromatic carbocycles. The summed E-state index contributed by atoms with van der Waals surface area (Å²) in [5, 5.41) is 10.3. The number of pyridine rings is 1. The maximum Gasteiger partial charge on any atom is 0.137 e. The Balaban J connectivity index is 2.18. The summed E-state index contributed by atoms with van der Waals surface area (Å²) in [6, 6.07) is 9.41. The SMILES string of the molecule is CCCOc1cncc(C(O)c2ccc(Br)cc2)c1. The van der Waals surface area contributed by atoms with E-state index in [4.69, 9.17) is 4.74 Å². The van der Waals surface area contributed by atoms with Crippen molar-refractivity contribution in [3.63, 3.8) is 0 Å². The lowest BCUT2D eigenvalue weighted by Crippen LogP contribution is -2.02. The third kappa shape index (κ3) is 3.78. The second-order valence-corrected chi connectivity index (χ2v) is 5.17. The van der Waals surface area contributed by atoms with Gasteiger partial charge in [0, 0.05) is 16.2 Å². The van der Waals surface area contributed by atoms with Gasteiger partial charge in [0.1, 0.15) is 11.9 Å². The molecule has 0 fully saturated rings. The molecule has 0 aliphatic carbocycles. The number of hydrogen-bond acceptors (Lipinski definition) is 3. The fourth-order valence-corrected chi connectivity index (χ4v) is 1.99. The van der Waals surface area contributed by atoms with E-state index in [1.807, 2.05) is 37.3 Å². The van der Waals surface area contributed by atoms with Crippen molar-refractivity contribution in [1.82, 2.24) is 4.98 Å². The van der Waals surface area contributed by atoms with E-state index in [9.17, 15) is 5.11 Å². The summed E-state index contributed by atoms with van der Waals surface area (Å²) >= 11 is 3.38. The first kappa shape index (κ1) is 14.0. The first-order valence-electron chi connectivity index (χ1n) is 6.22. The number of aromatic nitrogens is 1. The average Bonchev–Trinajstić information content (AvgIpc) is 2.45. The largest absolute Gasteiger partial charge is 0.492 e. The highest BCUT2D eigenvalue weighted by molar-refractivity contribution is 9.10. The minimum atomic E-state index is -0.689. The summed E-state index contributed by atoms with van der Waals surface area (Å²) in [5.41, 5.74) is 1.56. The Labute approximate surface area is 121 Å². The quantitative estimate of drug-likeness (QED) is 0.912. The van der Waals surface area contributed by atoms with Gasteiger partial charge in [-0.3, -0.25) is 4.98 Å². The Morgan fingerprint density at radius 2 is 1.95 bits per heavy atom. The van der Waals surface area contributed by atoms with Crippen LogP contribution < -0.4 is 4.74 Å². The van der Waals surface area contributed by atoms with Crippen LogP contribution in [-0.4, -0.2) is 16.7 Å². The Morgan fingerprint density at radius 1 is 1.21 bits per heavy atom. The summed E-state index contributed by atoms with van der Waals surface area (Å²) in [6.45, 7) is 2.70. The molecule has 0 radical (unpaired) electrons. The molecular formula is C15H16BrNO2. The molecule has 0 aliphatic heterocycles. The van der Waals surface area contributed by atoms with Crippen LogP contribution in [0.25, 0.3) is 0 Å². The first-order chi connectivity index (χ1) is 9.20. The van der Waals surface area contributed by atoms with E-state index in [1.165, 1.54) is 0 Å². The number of nitrogens with zero attached hydrogens (tertiary/aromatic N) is 1. The van der Waals surface area contributed by atoms with Crippen molar-refractivity contribution in [2.24, 2.45) is 0 Å². The summed E-state index contributed by atoms with van der Waals surface area (Å²) in [4.78, 5) is 4.11. The molecule has 19 heavy (non-hydrogen) atoms. The monoisotopic (exact) mass is 321 g/mol. The molecular weight excluding hydrogens is 306 g/mol. The molecule has 1 heterocycles. The maximum atomic E-state index is 10.3. The lowest BCUT2D eigenvalue weighted by atomic mass is 10.0. The van der Waals surface area contributed by atoms with E-state index in [-0.39, 0.29) is 0 Å². The van der Waals surface area contributed by atoms with Crippen LogP contribution >= 0.6 is 15.9 Å². The van der Waals surface area contributed by atoms with Crippen LogP contribution in [0.5, 0.6) is 5.75 Å². The van der Waals surface area contributed by atoms with Crippen molar-refractivity contribution >= 4 is 15.9 Å². The molecule has 4 heteroatoms. The van der Waals surface area contributed by atoms with Crippen LogP contribution in [0.4, 0.5) is 0 Å². The molecule has 3 nitrogen and oxygen atoms in total. The van der Waals surface area contributed by atoms with Crippen LogP contribution in [0.15, 0.2) is 47.2 Å². The fourth-order valence-electron chi connectivity index (χ4n) is 1.72. The van der Waals surface area contributed by atoms with Crippen molar-refractivity contribution in [2.75, 3.05) is 6.61 Å². The molecule has 0 saturated carbocycles. The van der Waals surface area contributed by atoms with Gasteiger partial charge in [-0.2, -0.15) is 0 Å². The zero-order valence-electron chi connectivity index (χ0n) is 10.7. The fraction of sp³-hybridized carbons (Fsp3) is 0.267. The van der Waals surface area contributed by atoms with Gasteiger partial charge in [0.15, 0.2) is 0 Å². The van der Waals surface area contributed by atoms with Crippen molar-refractivity contribution in [2.45, 2.75) is 19.4 Å². The number of halogens is 1. The number of aliphatic hydroxyl groups is 1. The Hall–Kier alpha value is -1.39. The van der Waals surface area contributed by atoms with Crippen molar-refractivity contribution in [3.05, 3.63) is 58.3 Å². The maximum absolute atomic E-state index is 10.3. The average molecular weight is 322 g/mol. The number of aliphatic hydroxyl groups excluding tert-OH is 1. The van der Waals surface area contributed by atoms with E-state index in [1.54, 1.807) is 12.4 Å². The Kier molecular flexibility index (Phi) is 4.93. The predicted octanol–water partition coefficient (Wildman–Crippen LogP) is 3.71. The highest BCUT2D eigenvalue weighted by Crippen LogP contribution is 2.25. The second-order valence-electron chi connectivity index (χ2n) is 4.26. The van der Waals surface area contributed by atoms with Gasteiger partial charge in [-0.15, -0.1) is 0 Å². The molecule has 1 aromatic heterocycles. The predicted molar refractivity (Wildman–Crippen MR) is 78.2 cm³/mol. The van der Waals surface area contributed by atoms with Gasteiger partial charge >= 0.3 is 0 Å². The third-order valence-electron chi connectivity index (χ3n) is 2.71. The minimum Gasteiger partial charge on any atom is -0.492 e. The zero-order chi connectivity index (χ0) is 13.7. The van der Waals surface area contributed by atoms with Crippen molar-refractivity contribution in [1.29, 1.82) is 0 Å². The molecule has 0 bridgehead atoms. The number of hydrogen-bond donors (Lipinski definition) is 1. The highest BCUT2D eigenvalue weighted by Gasteiger charge is 2.11. The third-order valence-corrected chi connectivity index (χ3v) is 3.24. The number of rotatable bonds is 5. The van der Waals surface area contributed by atoms with Crippen LogP contribution in [0, 0.1) is 0 Å². The van der Waals surface area contributed by atoms with Crippen LogP contribution in [-0.2, 0) is 0 Å². The Bertz CT molecular complexity index is 528. The molecule has 2 rings (SSSR count).